The minimum atomic E-state index is -1.22. The summed E-state index contributed by atoms with van der Waals surface area (Å²) in [4.78, 5) is 71.6. The van der Waals surface area contributed by atoms with Crippen LogP contribution in [0.25, 0.3) is 0 Å². The van der Waals surface area contributed by atoms with Crippen LogP contribution in [-0.2, 0) is 51.1 Å². The second kappa shape index (κ2) is 21.3. The number of halogens is 1. The molecule has 0 saturated carbocycles. The minimum absolute atomic E-state index is 0.00301. The summed E-state index contributed by atoms with van der Waals surface area (Å²) < 4.78 is 23.5. The number of hydrogen-bond donors (Lipinski definition) is 2. The highest BCUT2D eigenvalue weighted by molar-refractivity contribution is 6.32. The molecule has 62 heavy (non-hydrogen) atoms. The van der Waals surface area contributed by atoms with Gasteiger partial charge in [0.05, 0.1) is 23.7 Å². The highest BCUT2D eigenvalue weighted by Gasteiger charge is 2.48. The van der Waals surface area contributed by atoms with Crippen LogP contribution < -0.4 is 15.4 Å². The Morgan fingerprint density at radius 1 is 0.968 bits per heavy atom. The van der Waals surface area contributed by atoms with Crippen LogP contribution in [0.5, 0.6) is 5.75 Å². The number of hydrogen-bond acceptors (Lipinski definition) is 10. The highest BCUT2D eigenvalue weighted by Crippen LogP contribution is 2.45. The molecule has 0 spiro atoms. The van der Waals surface area contributed by atoms with E-state index in [9.17, 15) is 24.0 Å². The lowest BCUT2D eigenvalue weighted by molar-refractivity contribution is -0.179. The van der Waals surface area contributed by atoms with Gasteiger partial charge in [0.1, 0.15) is 24.0 Å². The van der Waals surface area contributed by atoms with Crippen molar-refractivity contribution in [2.24, 2.45) is 22.7 Å². The normalized spacial score (nSPS) is 25.3. The molecule has 13 nitrogen and oxygen atoms in total. The summed E-state index contributed by atoms with van der Waals surface area (Å²) in [5, 5.41) is 5.95. The Labute approximate surface area is 372 Å². The van der Waals surface area contributed by atoms with E-state index in [-0.39, 0.29) is 61.2 Å². The van der Waals surface area contributed by atoms with Gasteiger partial charge < -0.3 is 34.5 Å². The summed E-state index contributed by atoms with van der Waals surface area (Å²) in [5.74, 6) is -1.95. The number of ether oxygens (including phenoxy) is 4. The first-order chi connectivity index (χ1) is 29.2. The van der Waals surface area contributed by atoms with Crippen molar-refractivity contribution in [3.8, 4) is 5.75 Å². The van der Waals surface area contributed by atoms with Crippen LogP contribution in [0.4, 0.5) is 0 Å². The van der Waals surface area contributed by atoms with Crippen molar-refractivity contribution >= 4 is 41.3 Å². The quantitative estimate of drug-likeness (QED) is 0.176. The van der Waals surface area contributed by atoms with E-state index in [1.165, 1.54) is 18.7 Å². The highest BCUT2D eigenvalue weighted by atomic mass is 35.5. The molecule has 340 valence electrons. The maximum atomic E-state index is 13.9. The van der Waals surface area contributed by atoms with Gasteiger partial charge in [-0.3, -0.25) is 24.1 Å². The third kappa shape index (κ3) is 14.0. The predicted molar refractivity (Wildman–Crippen MR) is 237 cm³/mol. The van der Waals surface area contributed by atoms with Crippen molar-refractivity contribution < 1.29 is 42.9 Å². The SMILES string of the molecule is COc1ccc(C[C@H]2NC(=O)/C=C/C[C@@H]([C@H](C)[C@H]3O[C@@H]3c3ccc(CN4CCN(C(=O)CCC(C)(C)C)CC4)cc3)OC(=O)[C@H](CC(C)C)OC(=O)C(C)(C)CNC2=O)cc1Cl. The molecule has 5 rings (SSSR count). The van der Waals surface area contributed by atoms with Crippen LogP contribution in [0.15, 0.2) is 54.6 Å². The van der Waals surface area contributed by atoms with E-state index in [4.69, 9.17) is 30.5 Å². The molecule has 2 aromatic rings. The average molecular weight is 880 g/mol. The zero-order valence-corrected chi connectivity index (χ0v) is 38.7. The third-order valence-corrected chi connectivity index (χ3v) is 12.1. The van der Waals surface area contributed by atoms with Crippen LogP contribution in [0, 0.1) is 22.7 Å². The summed E-state index contributed by atoms with van der Waals surface area (Å²) in [7, 11) is 1.51. The topological polar surface area (TPSA) is 156 Å². The van der Waals surface area contributed by atoms with Crippen molar-refractivity contribution in [3.63, 3.8) is 0 Å². The number of piperazine rings is 1. The largest absolute Gasteiger partial charge is 0.495 e. The van der Waals surface area contributed by atoms with Gasteiger partial charge in [-0.1, -0.05) is 89.6 Å². The first-order valence-electron chi connectivity index (χ1n) is 22.0. The Kier molecular flexibility index (Phi) is 16.7. The van der Waals surface area contributed by atoms with E-state index in [0.717, 1.165) is 44.7 Å². The standard InChI is InChI=1S/C48H67ClN4O9/c1-30(2)25-39-45(57)60-37(11-10-12-40(54)51-36(27-33-15-18-38(59-9)35(49)26-33)44(56)50-29-48(7,8)46(58)61-39)31(3)42-43(62-42)34-16-13-32(14-17-34)28-52-21-23-53(24-22-52)41(55)19-20-47(4,5)6/h10,12-18,26,30-31,36-37,39,42-43H,11,19-25,27-29H2,1-9H3,(H,50,56)(H,51,54)/b12-10+/t31-,36+,37-,39-,42+,43+/m0/s1. The van der Waals surface area contributed by atoms with Gasteiger partial charge in [0, 0.05) is 64.4 Å². The average Bonchev–Trinajstić information content (AvgIpc) is 4.02. The molecule has 3 heterocycles. The summed E-state index contributed by atoms with van der Waals surface area (Å²) in [6, 6.07) is 12.5. The van der Waals surface area contributed by atoms with Crippen molar-refractivity contribution in [3.05, 3.63) is 76.3 Å². The molecule has 2 saturated heterocycles. The molecule has 14 heteroatoms. The molecule has 2 aromatic carbocycles. The van der Waals surface area contributed by atoms with Crippen molar-refractivity contribution in [1.82, 2.24) is 20.4 Å². The molecular weight excluding hydrogens is 812 g/mol. The molecule has 3 aliphatic heterocycles. The van der Waals surface area contributed by atoms with Gasteiger partial charge in [-0.05, 0) is 72.9 Å². The zero-order chi connectivity index (χ0) is 45.4. The van der Waals surface area contributed by atoms with E-state index < -0.39 is 47.4 Å². The van der Waals surface area contributed by atoms with Crippen LogP contribution in [0.2, 0.25) is 5.02 Å². The fourth-order valence-electron chi connectivity index (χ4n) is 7.69. The number of nitrogens with one attached hydrogen (secondary N) is 2. The number of esters is 2. The van der Waals surface area contributed by atoms with E-state index in [1.54, 1.807) is 38.1 Å². The molecule has 0 aliphatic carbocycles. The number of nitrogens with zero attached hydrogens (tertiary/aromatic N) is 2. The zero-order valence-electron chi connectivity index (χ0n) is 38.0. The lowest BCUT2D eigenvalue weighted by Crippen LogP contribution is -2.51. The van der Waals surface area contributed by atoms with Crippen molar-refractivity contribution in [2.45, 2.75) is 124 Å². The first-order valence-corrected chi connectivity index (χ1v) is 22.3. The van der Waals surface area contributed by atoms with Crippen LogP contribution in [0.3, 0.4) is 0 Å². The van der Waals surface area contributed by atoms with Gasteiger partial charge in [-0.25, -0.2) is 4.79 Å². The van der Waals surface area contributed by atoms with Crippen LogP contribution in [-0.4, -0.2) is 104 Å². The summed E-state index contributed by atoms with van der Waals surface area (Å²) in [6.45, 7) is 19.3. The molecule has 0 aromatic heterocycles. The van der Waals surface area contributed by atoms with E-state index in [0.29, 0.717) is 22.8 Å². The van der Waals surface area contributed by atoms with Gasteiger partial charge in [0.2, 0.25) is 17.7 Å². The number of carbonyl (C=O) groups excluding carboxylic acids is 5. The fraction of sp³-hybridized carbons (Fsp3) is 0.604. The summed E-state index contributed by atoms with van der Waals surface area (Å²) in [6.07, 6.45) is 2.54. The number of epoxide rings is 1. The van der Waals surface area contributed by atoms with Gasteiger partial charge in [0.15, 0.2) is 6.10 Å². The second-order valence-electron chi connectivity index (χ2n) is 19.3. The molecule has 2 fully saturated rings. The first kappa shape index (κ1) is 48.6. The maximum Gasteiger partial charge on any atom is 0.347 e. The van der Waals surface area contributed by atoms with Crippen LogP contribution >= 0.6 is 11.6 Å². The minimum Gasteiger partial charge on any atom is -0.495 e. The van der Waals surface area contributed by atoms with E-state index in [2.05, 4.69) is 60.6 Å². The molecule has 6 atom stereocenters. The van der Waals surface area contributed by atoms with E-state index in [1.807, 2.05) is 25.7 Å². The lowest BCUT2D eigenvalue weighted by Gasteiger charge is -2.35. The molecular formula is C48H67ClN4O9. The summed E-state index contributed by atoms with van der Waals surface area (Å²) in [5.41, 5.74) is 1.78. The summed E-state index contributed by atoms with van der Waals surface area (Å²) >= 11 is 6.37. The van der Waals surface area contributed by atoms with Gasteiger partial charge >= 0.3 is 11.9 Å². The lowest BCUT2D eigenvalue weighted by atomic mass is 9.90. The van der Waals surface area contributed by atoms with Crippen molar-refractivity contribution in [1.29, 1.82) is 0 Å². The molecule has 2 N–H and O–H groups in total. The maximum absolute atomic E-state index is 13.9. The number of amides is 3. The Bertz CT molecular complexity index is 1920. The Hall–Kier alpha value is -4.46. The number of benzene rings is 2. The molecule has 3 amide bonds. The van der Waals surface area contributed by atoms with Gasteiger partial charge in [-0.2, -0.15) is 0 Å². The van der Waals surface area contributed by atoms with E-state index >= 15 is 0 Å². The van der Waals surface area contributed by atoms with Gasteiger partial charge in [-0.15, -0.1) is 0 Å². The Morgan fingerprint density at radius 3 is 2.27 bits per heavy atom. The number of cyclic esters (lactones) is 2. The predicted octanol–water partition coefficient (Wildman–Crippen LogP) is 6.59. The molecule has 0 bridgehead atoms. The third-order valence-electron chi connectivity index (χ3n) is 11.8. The second-order valence-corrected chi connectivity index (χ2v) is 19.7. The molecule has 0 unspecified atom stereocenters. The smallest absolute Gasteiger partial charge is 0.347 e. The Balaban J connectivity index is 1.27. The van der Waals surface area contributed by atoms with Gasteiger partial charge in [0.25, 0.3) is 0 Å². The molecule has 0 radical (unpaired) electrons. The number of rotatable bonds is 12. The number of methoxy groups -OCH3 is 1. The monoisotopic (exact) mass is 878 g/mol. The van der Waals surface area contributed by atoms with Crippen molar-refractivity contribution in [2.75, 3.05) is 39.8 Å². The molecule has 3 aliphatic rings. The number of carbonyl (C=O) groups is 5. The fourth-order valence-corrected chi connectivity index (χ4v) is 7.97. The van der Waals surface area contributed by atoms with Crippen LogP contribution in [0.1, 0.15) is 104 Å². The Morgan fingerprint density at radius 2 is 1.65 bits per heavy atom.